The van der Waals surface area contributed by atoms with Crippen molar-refractivity contribution < 1.29 is 0 Å². The summed E-state index contributed by atoms with van der Waals surface area (Å²) < 4.78 is 0. The van der Waals surface area contributed by atoms with Crippen LogP contribution in [-0.2, 0) is 0 Å². The molecule has 0 aliphatic heterocycles. The van der Waals surface area contributed by atoms with E-state index in [9.17, 15) is 0 Å². The summed E-state index contributed by atoms with van der Waals surface area (Å²) in [7, 11) is 2.22. The zero-order valence-corrected chi connectivity index (χ0v) is 9.34. The van der Waals surface area contributed by atoms with E-state index < -0.39 is 0 Å². The van der Waals surface area contributed by atoms with Gasteiger partial charge in [0.25, 0.3) is 0 Å². The van der Waals surface area contributed by atoms with Gasteiger partial charge in [-0.15, -0.1) is 0 Å². The van der Waals surface area contributed by atoms with E-state index in [4.69, 9.17) is 5.73 Å². The molecular weight excluding hydrogens is 160 g/mol. The van der Waals surface area contributed by atoms with E-state index >= 15 is 0 Å². The lowest BCUT2D eigenvalue weighted by Gasteiger charge is -2.24. The van der Waals surface area contributed by atoms with Crippen LogP contribution in [0.4, 0.5) is 0 Å². The predicted octanol–water partition coefficient (Wildman–Crippen LogP) is 1.70. The van der Waals surface area contributed by atoms with Crippen molar-refractivity contribution in [2.24, 2.45) is 17.1 Å². The molecule has 1 rings (SSSR count). The molecule has 1 saturated carbocycles. The minimum Gasteiger partial charge on any atom is -0.330 e. The highest BCUT2D eigenvalue weighted by Crippen LogP contribution is 2.44. The Labute approximate surface area is 82.5 Å². The molecule has 2 nitrogen and oxygen atoms in total. The lowest BCUT2D eigenvalue weighted by molar-refractivity contribution is 0.233. The molecule has 0 amide bonds. The van der Waals surface area contributed by atoms with Crippen LogP contribution in [0.15, 0.2) is 0 Å². The average Bonchev–Trinajstić information content (AvgIpc) is 2.85. The van der Waals surface area contributed by atoms with Gasteiger partial charge in [0.05, 0.1) is 0 Å². The van der Waals surface area contributed by atoms with E-state index in [1.54, 1.807) is 0 Å². The molecule has 1 atom stereocenters. The zero-order chi connectivity index (χ0) is 9.90. The van der Waals surface area contributed by atoms with Crippen LogP contribution in [-0.4, -0.2) is 31.6 Å². The van der Waals surface area contributed by atoms with E-state index in [-0.39, 0.29) is 0 Å². The maximum Gasteiger partial charge on any atom is 0.00471 e. The van der Waals surface area contributed by atoms with Crippen LogP contribution in [0, 0.1) is 11.3 Å². The smallest absolute Gasteiger partial charge is 0.00471 e. The normalized spacial score (nSPS) is 21.9. The molecule has 0 aromatic heterocycles. The van der Waals surface area contributed by atoms with Crippen molar-refractivity contribution in [3.05, 3.63) is 0 Å². The summed E-state index contributed by atoms with van der Waals surface area (Å²) in [6, 6.07) is 0. The highest BCUT2D eigenvalue weighted by atomic mass is 15.1. The highest BCUT2D eigenvalue weighted by molar-refractivity contribution is 4.95. The molecule has 2 heteroatoms. The summed E-state index contributed by atoms with van der Waals surface area (Å²) in [6.07, 6.45) is 3.96. The van der Waals surface area contributed by atoms with Crippen LogP contribution in [0.1, 0.15) is 33.1 Å². The van der Waals surface area contributed by atoms with Crippen molar-refractivity contribution in [2.75, 3.05) is 26.7 Å². The first-order valence-electron chi connectivity index (χ1n) is 5.50. The topological polar surface area (TPSA) is 29.3 Å². The Morgan fingerprint density at radius 2 is 2.08 bits per heavy atom. The molecule has 1 fully saturated rings. The van der Waals surface area contributed by atoms with Crippen molar-refractivity contribution in [3.8, 4) is 0 Å². The minimum absolute atomic E-state index is 0.502. The molecule has 1 aliphatic rings. The minimum atomic E-state index is 0.502. The van der Waals surface area contributed by atoms with E-state index in [1.807, 2.05) is 0 Å². The summed E-state index contributed by atoms with van der Waals surface area (Å²) >= 11 is 0. The standard InChI is InChI=1S/C11H24N2/c1-4-10(2)7-13(3)9-11(8-12)5-6-11/h10H,4-9,12H2,1-3H3. The molecule has 1 aliphatic carbocycles. The largest absolute Gasteiger partial charge is 0.330 e. The monoisotopic (exact) mass is 184 g/mol. The number of rotatable bonds is 6. The second kappa shape index (κ2) is 4.43. The van der Waals surface area contributed by atoms with Gasteiger partial charge in [0.1, 0.15) is 0 Å². The fourth-order valence-corrected chi connectivity index (χ4v) is 1.90. The first-order valence-corrected chi connectivity index (χ1v) is 5.50. The third-order valence-electron chi connectivity index (χ3n) is 3.32. The van der Waals surface area contributed by atoms with E-state index in [2.05, 4.69) is 25.8 Å². The van der Waals surface area contributed by atoms with Crippen LogP contribution >= 0.6 is 0 Å². The van der Waals surface area contributed by atoms with Gasteiger partial charge in [-0.3, -0.25) is 0 Å². The fraction of sp³-hybridized carbons (Fsp3) is 1.00. The molecule has 2 N–H and O–H groups in total. The van der Waals surface area contributed by atoms with Gasteiger partial charge in [0.2, 0.25) is 0 Å². The molecule has 1 unspecified atom stereocenters. The Bertz CT molecular complexity index is 152. The molecule has 0 saturated heterocycles. The lowest BCUT2D eigenvalue weighted by Crippen LogP contribution is -2.34. The first kappa shape index (κ1) is 11.0. The van der Waals surface area contributed by atoms with Gasteiger partial charge in [-0.05, 0) is 37.8 Å². The molecule has 0 heterocycles. The predicted molar refractivity (Wildman–Crippen MR) is 57.7 cm³/mol. The summed E-state index contributed by atoms with van der Waals surface area (Å²) in [4.78, 5) is 2.45. The van der Waals surface area contributed by atoms with Crippen LogP contribution < -0.4 is 5.73 Å². The van der Waals surface area contributed by atoms with Crippen LogP contribution in [0.2, 0.25) is 0 Å². The van der Waals surface area contributed by atoms with Crippen LogP contribution in [0.5, 0.6) is 0 Å². The molecule has 0 aromatic carbocycles. The molecule has 78 valence electrons. The quantitative estimate of drug-likeness (QED) is 0.681. The molecule has 0 radical (unpaired) electrons. The number of nitrogens with two attached hydrogens (primary N) is 1. The van der Waals surface area contributed by atoms with Crippen molar-refractivity contribution in [1.29, 1.82) is 0 Å². The van der Waals surface area contributed by atoms with Crippen molar-refractivity contribution in [1.82, 2.24) is 4.90 Å². The molecule has 0 bridgehead atoms. The third kappa shape index (κ3) is 3.28. The summed E-state index contributed by atoms with van der Waals surface area (Å²) in [6.45, 7) is 7.87. The molecule has 13 heavy (non-hydrogen) atoms. The Hall–Kier alpha value is -0.0800. The summed E-state index contributed by atoms with van der Waals surface area (Å²) in [5.74, 6) is 0.818. The van der Waals surface area contributed by atoms with Crippen molar-refractivity contribution >= 4 is 0 Å². The van der Waals surface area contributed by atoms with Gasteiger partial charge in [-0.25, -0.2) is 0 Å². The Morgan fingerprint density at radius 3 is 2.46 bits per heavy atom. The van der Waals surface area contributed by atoms with Gasteiger partial charge in [-0.1, -0.05) is 20.3 Å². The maximum atomic E-state index is 5.75. The SMILES string of the molecule is CCC(C)CN(C)CC1(CN)CC1. The maximum absolute atomic E-state index is 5.75. The van der Waals surface area contributed by atoms with Crippen molar-refractivity contribution in [2.45, 2.75) is 33.1 Å². The van der Waals surface area contributed by atoms with E-state index in [0.717, 1.165) is 12.5 Å². The number of hydrogen-bond acceptors (Lipinski definition) is 2. The van der Waals surface area contributed by atoms with Gasteiger partial charge >= 0.3 is 0 Å². The second-order valence-corrected chi connectivity index (χ2v) is 4.91. The summed E-state index contributed by atoms with van der Waals surface area (Å²) in [5.41, 5.74) is 6.26. The third-order valence-corrected chi connectivity index (χ3v) is 3.32. The lowest BCUT2D eigenvalue weighted by atomic mass is 10.1. The van der Waals surface area contributed by atoms with Crippen LogP contribution in [0.25, 0.3) is 0 Å². The number of nitrogens with zero attached hydrogens (tertiary/aromatic N) is 1. The van der Waals surface area contributed by atoms with Gasteiger partial charge < -0.3 is 10.6 Å². The Kier molecular flexibility index (Phi) is 3.74. The summed E-state index contributed by atoms with van der Waals surface area (Å²) in [5, 5.41) is 0. The molecule has 0 aromatic rings. The van der Waals surface area contributed by atoms with E-state index in [0.29, 0.717) is 5.41 Å². The Morgan fingerprint density at radius 1 is 1.46 bits per heavy atom. The first-order chi connectivity index (χ1) is 6.12. The van der Waals surface area contributed by atoms with Gasteiger partial charge in [0.15, 0.2) is 0 Å². The fourth-order valence-electron chi connectivity index (χ4n) is 1.90. The Balaban J connectivity index is 2.21. The van der Waals surface area contributed by atoms with E-state index in [1.165, 1.54) is 32.4 Å². The van der Waals surface area contributed by atoms with Gasteiger partial charge in [-0.2, -0.15) is 0 Å². The van der Waals surface area contributed by atoms with Crippen LogP contribution in [0.3, 0.4) is 0 Å². The highest BCUT2D eigenvalue weighted by Gasteiger charge is 2.41. The van der Waals surface area contributed by atoms with Gasteiger partial charge in [0, 0.05) is 13.1 Å². The molecule has 0 spiro atoms. The number of hydrogen-bond donors (Lipinski definition) is 1. The molecular formula is C11H24N2. The second-order valence-electron chi connectivity index (χ2n) is 4.91. The van der Waals surface area contributed by atoms with Crippen molar-refractivity contribution in [3.63, 3.8) is 0 Å². The average molecular weight is 184 g/mol. The zero-order valence-electron chi connectivity index (χ0n) is 9.34.